The number of benzene rings is 1. The molecule has 0 radical (unpaired) electrons. The van der Waals surface area contributed by atoms with Gasteiger partial charge in [0.1, 0.15) is 0 Å². The van der Waals surface area contributed by atoms with Gasteiger partial charge in [0.2, 0.25) is 0 Å². The normalized spacial score (nSPS) is 14.1. The first-order valence-electron chi connectivity index (χ1n) is 7.88. The summed E-state index contributed by atoms with van der Waals surface area (Å²) in [6, 6.07) is 9.99. The molecular formula is C18H21N3O2. The van der Waals surface area contributed by atoms with Crippen LogP contribution in [0.3, 0.4) is 0 Å². The molecule has 1 N–H and O–H groups in total. The van der Waals surface area contributed by atoms with Gasteiger partial charge in [-0.15, -0.1) is 0 Å². The van der Waals surface area contributed by atoms with Crippen LogP contribution in [-0.2, 0) is 16.1 Å². The van der Waals surface area contributed by atoms with Crippen molar-refractivity contribution in [1.29, 1.82) is 0 Å². The van der Waals surface area contributed by atoms with Gasteiger partial charge in [0, 0.05) is 12.2 Å². The third-order valence-electron chi connectivity index (χ3n) is 3.83. The van der Waals surface area contributed by atoms with Crippen LogP contribution >= 0.6 is 0 Å². The number of amides is 1. The highest BCUT2D eigenvalue weighted by Gasteiger charge is 2.15. The van der Waals surface area contributed by atoms with E-state index in [9.17, 15) is 4.79 Å². The van der Waals surface area contributed by atoms with Crippen molar-refractivity contribution >= 4 is 5.91 Å². The number of aromatic nitrogens is 2. The van der Waals surface area contributed by atoms with Crippen molar-refractivity contribution in [2.45, 2.75) is 33.2 Å². The zero-order valence-corrected chi connectivity index (χ0v) is 13.5. The Labute approximate surface area is 136 Å². The molecule has 0 aliphatic carbocycles. The van der Waals surface area contributed by atoms with Crippen molar-refractivity contribution < 1.29 is 9.53 Å². The lowest BCUT2D eigenvalue weighted by molar-refractivity contribution is -0.121. The number of carbonyl (C=O) groups is 1. The molecule has 2 aromatic rings. The van der Waals surface area contributed by atoms with E-state index in [1.807, 2.05) is 54.9 Å². The molecule has 1 amide bonds. The molecule has 2 heterocycles. The monoisotopic (exact) mass is 311 g/mol. The molecule has 0 unspecified atom stereocenters. The smallest absolute Gasteiger partial charge is 0.286 e. The Morgan fingerprint density at radius 3 is 2.87 bits per heavy atom. The summed E-state index contributed by atoms with van der Waals surface area (Å²) in [6.45, 7) is 5.05. The van der Waals surface area contributed by atoms with Crippen molar-refractivity contribution in [3.63, 3.8) is 0 Å². The number of carbonyl (C=O) groups excluding carboxylic acids is 1. The fourth-order valence-corrected chi connectivity index (χ4v) is 2.72. The first-order chi connectivity index (χ1) is 11.1. The molecule has 23 heavy (non-hydrogen) atoms. The quantitative estimate of drug-likeness (QED) is 0.944. The SMILES string of the molecule is Cc1cc(C)n(-c2ccccc2CNC(=O)C2=CCCCO2)n1. The molecule has 1 aliphatic heterocycles. The summed E-state index contributed by atoms with van der Waals surface area (Å²) in [5, 5.41) is 7.46. The number of nitrogens with one attached hydrogen (secondary N) is 1. The number of hydrogen-bond acceptors (Lipinski definition) is 3. The van der Waals surface area contributed by atoms with Gasteiger partial charge in [-0.2, -0.15) is 5.10 Å². The summed E-state index contributed by atoms with van der Waals surface area (Å²) < 4.78 is 7.31. The molecule has 0 spiro atoms. The Hall–Kier alpha value is -2.56. The molecule has 5 heteroatoms. The largest absolute Gasteiger partial charge is 0.488 e. The number of allylic oxidation sites excluding steroid dienone is 1. The van der Waals surface area contributed by atoms with Crippen molar-refractivity contribution in [1.82, 2.24) is 15.1 Å². The summed E-state index contributed by atoms with van der Waals surface area (Å²) in [5.74, 6) is 0.271. The highest BCUT2D eigenvalue weighted by atomic mass is 16.5. The Morgan fingerprint density at radius 2 is 2.17 bits per heavy atom. The van der Waals surface area contributed by atoms with Crippen LogP contribution < -0.4 is 5.32 Å². The van der Waals surface area contributed by atoms with Crippen LogP contribution in [-0.4, -0.2) is 22.3 Å². The van der Waals surface area contributed by atoms with Gasteiger partial charge >= 0.3 is 0 Å². The maximum absolute atomic E-state index is 12.2. The molecule has 3 rings (SSSR count). The molecule has 0 fully saturated rings. The van der Waals surface area contributed by atoms with E-state index in [0.717, 1.165) is 35.5 Å². The van der Waals surface area contributed by atoms with Crippen LogP contribution in [0.2, 0.25) is 0 Å². The minimum absolute atomic E-state index is 0.159. The predicted molar refractivity (Wildman–Crippen MR) is 88.2 cm³/mol. The second kappa shape index (κ2) is 6.69. The van der Waals surface area contributed by atoms with E-state index in [4.69, 9.17) is 4.74 Å². The van der Waals surface area contributed by atoms with Crippen LogP contribution in [0.25, 0.3) is 5.69 Å². The molecule has 0 atom stereocenters. The second-order valence-corrected chi connectivity index (χ2v) is 5.71. The number of hydrogen-bond donors (Lipinski definition) is 1. The number of ether oxygens (including phenoxy) is 1. The van der Waals surface area contributed by atoms with E-state index in [1.165, 1.54) is 0 Å². The first kappa shape index (κ1) is 15.3. The molecule has 1 aromatic carbocycles. The van der Waals surface area contributed by atoms with Crippen LogP contribution in [0.4, 0.5) is 0 Å². The van der Waals surface area contributed by atoms with E-state index < -0.39 is 0 Å². The topological polar surface area (TPSA) is 56.2 Å². The second-order valence-electron chi connectivity index (χ2n) is 5.71. The van der Waals surface area contributed by atoms with Crippen LogP contribution in [0.1, 0.15) is 29.8 Å². The van der Waals surface area contributed by atoms with Gasteiger partial charge in [-0.3, -0.25) is 4.79 Å². The fourth-order valence-electron chi connectivity index (χ4n) is 2.72. The molecule has 5 nitrogen and oxygen atoms in total. The van der Waals surface area contributed by atoms with Gasteiger partial charge in [0.05, 0.1) is 18.0 Å². The third kappa shape index (κ3) is 3.44. The summed E-state index contributed by atoms with van der Waals surface area (Å²) in [6.07, 6.45) is 3.72. The molecule has 120 valence electrons. The Morgan fingerprint density at radius 1 is 1.35 bits per heavy atom. The summed E-state index contributed by atoms with van der Waals surface area (Å²) >= 11 is 0. The molecule has 0 saturated heterocycles. The fraction of sp³-hybridized carbons (Fsp3) is 0.333. The molecule has 1 aliphatic rings. The van der Waals surface area contributed by atoms with E-state index >= 15 is 0 Å². The zero-order valence-electron chi connectivity index (χ0n) is 13.5. The summed E-state index contributed by atoms with van der Waals surface area (Å²) in [4.78, 5) is 12.2. The average molecular weight is 311 g/mol. The van der Waals surface area contributed by atoms with Crippen LogP contribution in [0.15, 0.2) is 42.2 Å². The lowest BCUT2D eigenvalue weighted by Gasteiger charge is -2.16. The minimum atomic E-state index is -0.159. The number of rotatable bonds is 4. The minimum Gasteiger partial charge on any atom is -0.488 e. The van der Waals surface area contributed by atoms with E-state index in [1.54, 1.807) is 0 Å². The van der Waals surface area contributed by atoms with Gasteiger partial charge in [-0.25, -0.2) is 4.68 Å². The standard InChI is InChI=1S/C18H21N3O2/c1-13-11-14(2)21(20-13)16-8-4-3-7-15(16)12-19-18(22)17-9-5-6-10-23-17/h3-4,7-9,11H,5-6,10,12H2,1-2H3,(H,19,22). The number of nitrogens with zero attached hydrogens (tertiary/aromatic N) is 2. The maximum atomic E-state index is 12.2. The van der Waals surface area contributed by atoms with Gasteiger partial charge in [0.25, 0.3) is 5.91 Å². The lowest BCUT2D eigenvalue weighted by Crippen LogP contribution is -2.27. The first-order valence-corrected chi connectivity index (χ1v) is 7.88. The Bertz CT molecular complexity index is 746. The average Bonchev–Trinajstić information content (AvgIpc) is 2.92. The van der Waals surface area contributed by atoms with E-state index in [-0.39, 0.29) is 5.91 Å². The Kier molecular flexibility index (Phi) is 4.46. The van der Waals surface area contributed by atoms with Gasteiger partial charge in [0.15, 0.2) is 5.76 Å². The highest BCUT2D eigenvalue weighted by molar-refractivity contribution is 5.91. The number of para-hydroxylation sites is 1. The van der Waals surface area contributed by atoms with Gasteiger partial charge in [-0.1, -0.05) is 18.2 Å². The van der Waals surface area contributed by atoms with Gasteiger partial charge < -0.3 is 10.1 Å². The molecule has 1 aromatic heterocycles. The molecular weight excluding hydrogens is 290 g/mol. The van der Waals surface area contributed by atoms with Crippen molar-refractivity contribution in [2.24, 2.45) is 0 Å². The van der Waals surface area contributed by atoms with Crippen LogP contribution in [0.5, 0.6) is 0 Å². The molecule has 0 saturated carbocycles. The predicted octanol–water partition coefficient (Wildman–Crippen LogP) is 2.80. The third-order valence-corrected chi connectivity index (χ3v) is 3.83. The maximum Gasteiger partial charge on any atom is 0.286 e. The Balaban J connectivity index is 1.77. The van der Waals surface area contributed by atoms with Crippen LogP contribution in [0, 0.1) is 13.8 Å². The lowest BCUT2D eigenvalue weighted by atomic mass is 10.1. The van der Waals surface area contributed by atoms with E-state index in [2.05, 4.69) is 10.4 Å². The van der Waals surface area contributed by atoms with Crippen molar-refractivity contribution in [2.75, 3.05) is 6.61 Å². The van der Waals surface area contributed by atoms with Crippen molar-refractivity contribution in [3.8, 4) is 5.69 Å². The van der Waals surface area contributed by atoms with Gasteiger partial charge in [-0.05, 0) is 50.5 Å². The number of aryl methyl sites for hydroxylation is 2. The highest BCUT2D eigenvalue weighted by Crippen LogP contribution is 2.17. The van der Waals surface area contributed by atoms with Crippen molar-refractivity contribution in [3.05, 3.63) is 59.1 Å². The zero-order chi connectivity index (χ0) is 16.2. The molecule has 0 bridgehead atoms. The summed E-state index contributed by atoms with van der Waals surface area (Å²) in [7, 11) is 0. The summed E-state index contributed by atoms with van der Waals surface area (Å²) in [5.41, 5.74) is 4.04. The van der Waals surface area contributed by atoms with E-state index in [0.29, 0.717) is 18.9 Å².